The molecule has 3 N–H and O–H groups in total. The van der Waals surface area contributed by atoms with Gasteiger partial charge in [0.25, 0.3) is 0 Å². The molecule has 0 atom stereocenters. The highest BCUT2D eigenvalue weighted by molar-refractivity contribution is 7.80. The standard InChI is InChI=1S/C16H21ClN2OS/c17-13-8-7-12(16(18)21)10-14(13)19-15(20)9-6-11-4-2-1-3-5-11/h7-8,10-11H,1-6,9H2,(H2,18,21)(H,19,20). The molecule has 1 fully saturated rings. The number of nitrogens with two attached hydrogens (primary N) is 1. The zero-order chi connectivity index (χ0) is 15.2. The highest BCUT2D eigenvalue weighted by Gasteiger charge is 2.15. The summed E-state index contributed by atoms with van der Waals surface area (Å²) in [5.74, 6) is 0.700. The van der Waals surface area contributed by atoms with E-state index in [4.69, 9.17) is 29.6 Å². The second-order valence-corrected chi connectivity index (χ2v) is 6.50. The molecule has 0 aliphatic heterocycles. The van der Waals surface area contributed by atoms with E-state index in [1.807, 2.05) is 0 Å². The van der Waals surface area contributed by atoms with Crippen molar-refractivity contribution >= 4 is 40.4 Å². The van der Waals surface area contributed by atoms with Crippen molar-refractivity contribution in [2.75, 3.05) is 5.32 Å². The number of anilines is 1. The van der Waals surface area contributed by atoms with Crippen LogP contribution < -0.4 is 11.1 Å². The van der Waals surface area contributed by atoms with E-state index in [0.29, 0.717) is 33.6 Å². The molecule has 0 unspecified atom stereocenters. The summed E-state index contributed by atoms with van der Waals surface area (Å²) in [5, 5.41) is 3.36. The van der Waals surface area contributed by atoms with Gasteiger partial charge in [-0.15, -0.1) is 0 Å². The van der Waals surface area contributed by atoms with Crippen LogP contribution in [0.2, 0.25) is 5.02 Å². The molecule has 0 saturated heterocycles. The number of carbonyl (C=O) groups excluding carboxylic acids is 1. The molecule has 0 spiro atoms. The first-order chi connectivity index (χ1) is 10.1. The molecule has 1 amide bonds. The Balaban J connectivity index is 1.89. The molecule has 114 valence electrons. The first-order valence-electron chi connectivity index (χ1n) is 7.45. The highest BCUT2D eigenvalue weighted by Crippen LogP contribution is 2.28. The molecular weight excluding hydrogens is 304 g/mol. The number of rotatable bonds is 5. The normalized spacial score (nSPS) is 15.7. The van der Waals surface area contributed by atoms with Crippen LogP contribution in [-0.4, -0.2) is 10.9 Å². The molecular formula is C16H21ClN2OS. The predicted octanol–water partition coefficient (Wildman–Crippen LogP) is 4.27. The number of halogens is 1. The number of amides is 1. The van der Waals surface area contributed by atoms with Gasteiger partial charge < -0.3 is 11.1 Å². The van der Waals surface area contributed by atoms with Crippen molar-refractivity contribution in [3.8, 4) is 0 Å². The predicted molar refractivity (Wildman–Crippen MR) is 91.8 cm³/mol. The van der Waals surface area contributed by atoms with Gasteiger partial charge in [-0.25, -0.2) is 0 Å². The van der Waals surface area contributed by atoms with Crippen LogP contribution in [0.4, 0.5) is 5.69 Å². The van der Waals surface area contributed by atoms with E-state index >= 15 is 0 Å². The van der Waals surface area contributed by atoms with Gasteiger partial charge in [-0.1, -0.05) is 62.0 Å². The average Bonchev–Trinajstić information content (AvgIpc) is 2.48. The van der Waals surface area contributed by atoms with Gasteiger partial charge in [-0.3, -0.25) is 4.79 Å². The van der Waals surface area contributed by atoms with Crippen molar-refractivity contribution in [2.24, 2.45) is 11.7 Å². The summed E-state index contributed by atoms with van der Waals surface area (Å²) >= 11 is 11.0. The summed E-state index contributed by atoms with van der Waals surface area (Å²) in [4.78, 5) is 12.4. The Morgan fingerprint density at radius 3 is 2.71 bits per heavy atom. The van der Waals surface area contributed by atoms with Gasteiger partial charge in [0.15, 0.2) is 0 Å². The smallest absolute Gasteiger partial charge is 0.224 e. The molecule has 1 aromatic rings. The van der Waals surface area contributed by atoms with Crippen LogP contribution in [-0.2, 0) is 4.79 Å². The van der Waals surface area contributed by atoms with E-state index in [1.54, 1.807) is 18.2 Å². The Hall–Kier alpha value is -1.13. The van der Waals surface area contributed by atoms with Crippen molar-refractivity contribution < 1.29 is 4.79 Å². The van der Waals surface area contributed by atoms with Gasteiger partial charge in [0.05, 0.1) is 10.7 Å². The molecule has 1 aliphatic carbocycles. The lowest BCUT2D eigenvalue weighted by Gasteiger charge is -2.21. The first kappa shape index (κ1) is 16.2. The lowest BCUT2D eigenvalue weighted by molar-refractivity contribution is -0.116. The molecule has 0 aromatic heterocycles. The number of thiocarbonyl (C=S) groups is 1. The Labute approximate surface area is 136 Å². The molecule has 1 aromatic carbocycles. The molecule has 1 saturated carbocycles. The van der Waals surface area contributed by atoms with E-state index in [1.165, 1.54) is 32.1 Å². The summed E-state index contributed by atoms with van der Waals surface area (Å²) < 4.78 is 0. The number of nitrogens with one attached hydrogen (secondary N) is 1. The van der Waals surface area contributed by atoms with E-state index in [0.717, 1.165) is 6.42 Å². The van der Waals surface area contributed by atoms with Gasteiger partial charge >= 0.3 is 0 Å². The Morgan fingerprint density at radius 1 is 1.33 bits per heavy atom. The van der Waals surface area contributed by atoms with Crippen LogP contribution in [0, 0.1) is 5.92 Å². The summed E-state index contributed by atoms with van der Waals surface area (Å²) in [6.07, 6.45) is 7.94. The van der Waals surface area contributed by atoms with Crippen LogP contribution in [0.1, 0.15) is 50.5 Å². The summed E-state index contributed by atoms with van der Waals surface area (Å²) in [7, 11) is 0. The van der Waals surface area contributed by atoms with Crippen molar-refractivity contribution in [1.29, 1.82) is 0 Å². The number of hydrogen-bond donors (Lipinski definition) is 2. The zero-order valence-electron chi connectivity index (χ0n) is 12.0. The van der Waals surface area contributed by atoms with Gasteiger partial charge in [0.2, 0.25) is 5.91 Å². The maximum absolute atomic E-state index is 12.1. The summed E-state index contributed by atoms with van der Waals surface area (Å²) in [6.45, 7) is 0. The average molecular weight is 325 g/mol. The molecule has 0 radical (unpaired) electrons. The number of benzene rings is 1. The molecule has 0 heterocycles. The van der Waals surface area contributed by atoms with Crippen LogP contribution in [0.15, 0.2) is 18.2 Å². The van der Waals surface area contributed by atoms with Crippen molar-refractivity contribution in [2.45, 2.75) is 44.9 Å². The molecule has 1 aliphatic rings. The quantitative estimate of drug-likeness (QED) is 0.795. The van der Waals surface area contributed by atoms with Gasteiger partial charge in [0, 0.05) is 12.0 Å². The van der Waals surface area contributed by atoms with Gasteiger partial charge in [-0.2, -0.15) is 0 Å². The minimum Gasteiger partial charge on any atom is -0.389 e. The molecule has 3 nitrogen and oxygen atoms in total. The maximum atomic E-state index is 12.1. The Morgan fingerprint density at radius 2 is 2.05 bits per heavy atom. The largest absolute Gasteiger partial charge is 0.389 e. The van der Waals surface area contributed by atoms with E-state index in [9.17, 15) is 4.79 Å². The molecule has 2 rings (SSSR count). The minimum absolute atomic E-state index is 0.00237. The van der Waals surface area contributed by atoms with Crippen molar-refractivity contribution in [3.63, 3.8) is 0 Å². The minimum atomic E-state index is 0.00237. The number of carbonyl (C=O) groups is 1. The second-order valence-electron chi connectivity index (χ2n) is 5.65. The van der Waals surface area contributed by atoms with Crippen LogP contribution >= 0.6 is 23.8 Å². The van der Waals surface area contributed by atoms with Crippen LogP contribution in [0.5, 0.6) is 0 Å². The first-order valence-corrected chi connectivity index (χ1v) is 8.24. The SMILES string of the molecule is NC(=S)c1ccc(Cl)c(NC(=O)CCC2CCCCC2)c1. The third-order valence-electron chi connectivity index (χ3n) is 4.03. The van der Waals surface area contributed by atoms with E-state index < -0.39 is 0 Å². The van der Waals surface area contributed by atoms with Gasteiger partial charge in [-0.05, 0) is 24.5 Å². The highest BCUT2D eigenvalue weighted by atomic mass is 35.5. The van der Waals surface area contributed by atoms with Crippen LogP contribution in [0.25, 0.3) is 0 Å². The number of hydrogen-bond acceptors (Lipinski definition) is 2. The maximum Gasteiger partial charge on any atom is 0.224 e. The lowest BCUT2D eigenvalue weighted by Crippen LogP contribution is -2.16. The van der Waals surface area contributed by atoms with Crippen molar-refractivity contribution in [3.05, 3.63) is 28.8 Å². The third-order valence-corrected chi connectivity index (χ3v) is 4.59. The summed E-state index contributed by atoms with van der Waals surface area (Å²) in [5.41, 5.74) is 6.88. The lowest BCUT2D eigenvalue weighted by atomic mass is 9.86. The molecule has 21 heavy (non-hydrogen) atoms. The molecule has 0 bridgehead atoms. The fourth-order valence-electron chi connectivity index (χ4n) is 2.80. The fraction of sp³-hybridized carbons (Fsp3) is 0.500. The van der Waals surface area contributed by atoms with Crippen LogP contribution in [0.3, 0.4) is 0 Å². The topological polar surface area (TPSA) is 55.1 Å². The Bertz CT molecular complexity index is 527. The zero-order valence-corrected chi connectivity index (χ0v) is 13.6. The monoisotopic (exact) mass is 324 g/mol. The third kappa shape index (κ3) is 4.97. The second kappa shape index (κ2) is 7.76. The van der Waals surface area contributed by atoms with E-state index in [-0.39, 0.29) is 5.91 Å². The Kier molecular flexibility index (Phi) is 6.00. The summed E-state index contributed by atoms with van der Waals surface area (Å²) in [6, 6.07) is 5.18. The fourth-order valence-corrected chi connectivity index (χ4v) is 3.09. The van der Waals surface area contributed by atoms with E-state index in [2.05, 4.69) is 5.32 Å². The molecule has 5 heteroatoms. The van der Waals surface area contributed by atoms with Crippen molar-refractivity contribution in [1.82, 2.24) is 0 Å². The van der Waals surface area contributed by atoms with Gasteiger partial charge in [0.1, 0.15) is 4.99 Å².